The molecule has 7 heteroatoms. The molecule has 0 radical (unpaired) electrons. The van der Waals surface area contributed by atoms with Crippen LogP contribution in [0, 0.1) is 19.8 Å². The van der Waals surface area contributed by atoms with Gasteiger partial charge in [-0.1, -0.05) is 32.9 Å². The molecule has 2 aromatic rings. The Bertz CT molecular complexity index is 1020. The first-order valence-corrected chi connectivity index (χ1v) is 10.5. The molecule has 0 saturated carbocycles. The molecule has 0 bridgehead atoms. The predicted octanol–water partition coefficient (Wildman–Crippen LogP) is 3.56. The number of hydrogen-bond donors (Lipinski definition) is 0. The van der Waals surface area contributed by atoms with Crippen LogP contribution in [0.2, 0.25) is 0 Å². The molecule has 0 saturated heterocycles. The quantitative estimate of drug-likeness (QED) is 0.367. The van der Waals surface area contributed by atoms with Gasteiger partial charge in [0.25, 0.3) is 11.8 Å². The number of aromatic nitrogens is 1. The first kappa shape index (κ1) is 22.5. The Hall–Kier alpha value is -3.22. The van der Waals surface area contributed by atoms with Crippen molar-refractivity contribution < 1.29 is 23.9 Å². The van der Waals surface area contributed by atoms with Crippen LogP contribution in [0.5, 0.6) is 0 Å². The molecule has 1 aromatic heterocycles. The van der Waals surface area contributed by atoms with E-state index in [1.54, 1.807) is 44.2 Å². The van der Waals surface area contributed by atoms with Crippen molar-refractivity contribution in [2.75, 3.05) is 6.61 Å². The molecular weight excluding hydrogens is 396 g/mol. The Kier molecular flexibility index (Phi) is 6.43. The summed E-state index contributed by atoms with van der Waals surface area (Å²) in [5.41, 5.74) is 2.86. The molecule has 1 aromatic carbocycles. The van der Waals surface area contributed by atoms with Crippen molar-refractivity contribution in [1.82, 2.24) is 9.47 Å². The Morgan fingerprint density at radius 1 is 1.03 bits per heavy atom. The summed E-state index contributed by atoms with van der Waals surface area (Å²) in [6.07, 6.45) is 0.940. The SMILES string of the molecule is CCCn1c(C)cc(C(=O)COC(=O)[C@H](C(C)C)N2C(=O)c3ccccc3C2=O)c1C. The number of ether oxygens (including phenoxy) is 1. The number of aryl methyl sites for hydroxylation is 1. The number of hydrogen-bond acceptors (Lipinski definition) is 5. The third-order valence-corrected chi connectivity index (χ3v) is 5.64. The molecule has 1 aliphatic heterocycles. The smallest absolute Gasteiger partial charge is 0.330 e. The lowest BCUT2D eigenvalue weighted by molar-refractivity contribution is -0.148. The van der Waals surface area contributed by atoms with Gasteiger partial charge in [-0.15, -0.1) is 0 Å². The lowest BCUT2D eigenvalue weighted by atomic mass is 10.0. The fourth-order valence-electron chi connectivity index (χ4n) is 4.09. The maximum atomic E-state index is 12.9. The fraction of sp³-hybridized carbons (Fsp3) is 0.417. The number of fused-ring (bicyclic) bond motifs is 1. The van der Waals surface area contributed by atoms with Gasteiger partial charge in [-0.05, 0) is 44.4 Å². The third kappa shape index (κ3) is 4.04. The zero-order valence-corrected chi connectivity index (χ0v) is 18.6. The van der Waals surface area contributed by atoms with Crippen molar-refractivity contribution in [3.8, 4) is 0 Å². The highest BCUT2D eigenvalue weighted by Crippen LogP contribution is 2.27. The van der Waals surface area contributed by atoms with E-state index in [1.807, 2.05) is 13.8 Å². The van der Waals surface area contributed by atoms with Crippen LogP contribution in [-0.4, -0.2) is 45.7 Å². The molecule has 0 spiro atoms. The van der Waals surface area contributed by atoms with Crippen molar-refractivity contribution in [1.29, 1.82) is 0 Å². The van der Waals surface area contributed by atoms with Gasteiger partial charge in [0.1, 0.15) is 6.04 Å². The van der Waals surface area contributed by atoms with E-state index in [-0.39, 0.29) is 22.8 Å². The number of ketones is 1. The van der Waals surface area contributed by atoms with Gasteiger partial charge in [0, 0.05) is 23.5 Å². The first-order valence-electron chi connectivity index (χ1n) is 10.5. The second-order valence-corrected chi connectivity index (χ2v) is 8.18. The van der Waals surface area contributed by atoms with Crippen LogP contribution in [0.25, 0.3) is 0 Å². The Labute approximate surface area is 182 Å². The molecule has 0 aliphatic carbocycles. The van der Waals surface area contributed by atoms with Gasteiger partial charge in [0.2, 0.25) is 5.78 Å². The molecule has 0 fully saturated rings. The second kappa shape index (κ2) is 8.88. The minimum absolute atomic E-state index is 0.269. The van der Waals surface area contributed by atoms with E-state index in [1.165, 1.54) is 0 Å². The van der Waals surface area contributed by atoms with Crippen LogP contribution in [0.15, 0.2) is 30.3 Å². The van der Waals surface area contributed by atoms with Gasteiger partial charge in [-0.25, -0.2) is 4.79 Å². The summed E-state index contributed by atoms with van der Waals surface area (Å²) in [5.74, 6) is -2.50. The van der Waals surface area contributed by atoms with Crippen LogP contribution < -0.4 is 0 Å². The largest absolute Gasteiger partial charge is 0.456 e. The van der Waals surface area contributed by atoms with Crippen molar-refractivity contribution in [3.63, 3.8) is 0 Å². The molecule has 2 heterocycles. The molecular formula is C24H28N2O5. The normalized spacial score (nSPS) is 14.2. The lowest BCUT2D eigenvalue weighted by Crippen LogP contribution is -2.49. The van der Waals surface area contributed by atoms with E-state index in [0.717, 1.165) is 29.3 Å². The second-order valence-electron chi connectivity index (χ2n) is 8.18. The van der Waals surface area contributed by atoms with Crippen LogP contribution in [0.1, 0.15) is 69.7 Å². The summed E-state index contributed by atoms with van der Waals surface area (Å²) < 4.78 is 7.37. The van der Waals surface area contributed by atoms with Crippen molar-refractivity contribution >= 4 is 23.6 Å². The number of amides is 2. The number of imide groups is 1. The number of esters is 1. The highest BCUT2D eigenvalue weighted by atomic mass is 16.5. The highest BCUT2D eigenvalue weighted by molar-refractivity contribution is 6.22. The van der Waals surface area contributed by atoms with Crippen molar-refractivity contribution in [2.24, 2.45) is 5.92 Å². The van der Waals surface area contributed by atoms with E-state index in [2.05, 4.69) is 11.5 Å². The number of benzene rings is 1. The summed E-state index contributed by atoms with van der Waals surface area (Å²) in [6.45, 7) is 9.69. The van der Waals surface area contributed by atoms with E-state index >= 15 is 0 Å². The summed E-state index contributed by atoms with van der Waals surface area (Å²) in [4.78, 5) is 52.1. The first-order chi connectivity index (χ1) is 14.7. The van der Waals surface area contributed by atoms with Gasteiger partial charge < -0.3 is 9.30 Å². The summed E-state index contributed by atoms with van der Waals surface area (Å²) in [5, 5.41) is 0. The van der Waals surface area contributed by atoms with Crippen LogP contribution in [-0.2, 0) is 16.1 Å². The molecule has 7 nitrogen and oxygen atoms in total. The van der Waals surface area contributed by atoms with Crippen LogP contribution in [0.3, 0.4) is 0 Å². The highest BCUT2D eigenvalue weighted by Gasteiger charge is 2.44. The van der Waals surface area contributed by atoms with Crippen molar-refractivity contribution in [3.05, 3.63) is 58.4 Å². The monoisotopic (exact) mass is 424 g/mol. The van der Waals surface area contributed by atoms with Gasteiger partial charge >= 0.3 is 5.97 Å². The van der Waals surface area contributed by atoms with E-state index in [9.17, 15) is 19.2 Å². The lowest BCUT2D eigenvalue weighted by Gasteiger charge is -2.27. The van der Waals surface area contributed by atoms with E-state index in [4.69, 9.17) is 4.74 Å². The predicted molar refractivity (Wildman–Crippen MR) is 115 cm³/mol. The van der Waals surface area contributed by atoms with E-state index in [0.29, 0.717) is 5.56 Å². The number of nitrogens with zero attached hydrogens (tertiary/aromatic N) is 2. The molecule has 1 atom stereocenters. The minimum Gasteiger partial charge on any atom is -0.456 e. The third-order valence-electron chi connectivity index (χ3n) is 5.64. The van der Waals surface area contributed by atoms with Gasteiger partial charge in [0.15, 0.2) is 6.61 Å². The van der Waals surface area contributed by atoms with Crippen LogP contribution >= 0.6 is 0 Å². The van der Waals surface area contributed by atoms with E-state index < -0.39 is 30.4 Å². The number of carbonyl (C=O) groups excluding carboxylic acids is 4. The maximum absolute atomic E-state index is 12.9. The number of carbonyl (C=O) groups is 4. The van der Waals surface area contributed by atoms with Gasteiger partial charge in [-0.2, -0.15) is 0 Å². The van der Waals surface area contributed by atoms with Gasteiger partial charge in [-0.3, -0.25) is 19.3 Å². The molecule has 0 unspecified atom stereocenters. The molecule has 164 valence electrons. The molecule has 0 N–H and O–H groups in total. The molecule has 31 heavy (non-hydrogen) atoms. The number of Topliss-reactive ketones (excluding diaryl/α,β-unsaturated/α-hetero) is 1. The Morgan fingerprint density at radius 3 is 2.13 bits per heavy atom. The number of rotatable bonds is 8. The molecule has 1 aliphatic rings. The zero-order chi connectivity index (χ0) is 22.9. The molecule has 3 rings (SSSR count). The van der Waals surface area contributed by atoms with Crippen LogP contribution in [0.4, 0.5) is 0 Å². The van der Waals surface area contributed by atoms with Crippen molar-refractivity contribution in [2.45, 2.75) is 53.6 Å². The summed E-state index contributed by atoms with van der Waals surface area (Å²) in [7, 11) is 0. The summed E-state index contributed by atoms with van der Waals surface area (Å²) in [6, 6.07) is 7.16. The average molecular weight is 424 g/mol. The summed E-state index contributed by atoms with van der Waals surface area (Å²) >= 11 is 0. The minimum atomic E-state index is -1.10. The molecule has 2 amide bonds. The zero-order valence-electron chi connectivity index (χ0n) is 18.6. The fourth-order valence-corrected chi connectivity index (χ4v) is 4.09. The van der Waals surface area contributed by atoms with Gasteiger partial charge in [0.05, 0.1) is 11.1 Å². The topological polar surface area (TPSA) is 85.7 Å². The Morgan fingerprint density at radius 2 is 1.61 bits per heavy atom. The Balaban J connectivity index is 1.76. The standard InChI is InChI=1S/C24H28N2O5/c1-6-11-25-15(4)12-19(16(25)5)20(27)13-31-24(30)21(14(2)3)26-22(28)17-9-7-8-10-18(17)23(26)29/h7-10,12,14,21H,6,11,13H2,1-5H3/t21-/m0/s1. The maximum Gasteiger partial charge on any atom is 0.330 e. The average Bonchev–Trinajstić information content (AvgIpc) is 3.15.